The third-order valence-electron chi connectivity index (χ3n) is 3.96. The van der Waals surface area contributed by atoms with E-state index in [0.717, 1.165) is 24.2 Å². The van der Waals surface area contributed by atoms with E-state index in [0.29, 0.717) is 23.6 Å². The maximum absolute atomic E-state index is 12.3. The maximum atomic E-state index is 12.3. The number of nitrogen functional groups attached to an aromatic ring is 1. The number of hydrogen-bond donors (Lipinski definition) is 2. The number of unbranched alkanes of at least 4 members (excludes halogenated alkanes) is 1. The summed E-state index contributed by atoms with van der Waals surface area (Å²) in [4.78, 5) is 12.3. The number of carbonyl (C=O) groups is 1. The third kappa shape index (κ3) is 5.14. The van der Waals surface area contributed by atoms with E-state index in [4.69, 9.17) is 15.2 Å². The zero-order valence-electron chi connectivity index (χ0n) is 15.0. The number of anilines is 1. The first kappa shape index (κ1) is 18.6. The second-order valence-corrected chi connectivity index (χ2v) is 5.93. The Morgan fingerprint density at radius 2 is 1.88 bits per heavy atom. The molecule has 0 spiro atoms. The summed E-state index contributed by atoms with van der Waals surface area (Å²) in [5, 5.41) is 2.98. The molecule has 1 amide bonds. The summed E-state index contributed by atoms with van der Waals surface area (Å²) >= 11 is 0. The second-order valence-electron chi connectivity index (χ2n) is 5.93. The van der Waals surface area contributed by atoms with Gasteiger partial charge in [-0.2, -0.15) is 0 Å². The van der Waals surface area contributed by atoms with Gasteiger partial charge in [-0.25, -0.2) is 0 Å². The molecule has 2 rings (SSSR count). The lowest BCUT2D eigenvalue weighted by molar-refractivity contribution is 0.0940. The van der Waals surface area contributed by atoms with Crippen LogP contribution in [0, 0.1) is 0 Å². The molecule has 134 valence electrons. The quantitative estimate of drug-likeness (QED) is 0.563. The van der Waals surface area contributed by atoms with E-state index in [9.17, 15) is 4.79 Å². The third-order valence-corrected chi connectivity index (χ3v) is 3.96. The van der Waals surface area contributed by atoms with Crippen LogP contribution in [0.1, 0.15) is 48.7 Å². The van der Waals surface area contributed by atoms with E-state index in [-0.39, 0.29) is 11.9 Å². The normalized spacial score (nSPS) is 11.6. The molecule has 5 nitrogen and oxygen atoms in total. The van der Waals surface area contributed by atoms with Crippen LogP contribution in [0.4, 0.5) is 5.69 Å². The maximum Gasteiger partial charge on any atom is 0.251 e. The standard InChI is InChI=1S/C20H26N2O3/c1-4-5-12-25-18-11-8-16(13-19(18)24-3)14(2)22-20(23)15-6-9-17(21)10-7-15/h6-11,13-14H,4-5,12,21H2,1-3H3,(H,22,23). The summed E-state index contributed by atoms with van der Waals surface area (Å²) in [6, 6.07) is 12.4. The molecule has 25 heavy (non-hydrogen) atoms. The van der Waals surface area contributed by atoms with Gasteiger partial charge in [0, 0.05) is 11.3 Å². The van der Waals surface area contributed by atoms with Gasteiger partial charge in [0.1, 0.15) is 0 Å². The molecule has 2 aromatic carbocycles. The van der Waals surface area contributed by atoms with Gasteiger partial charge in [-0.15, -0.1) is 0 Å². The molecule has 2 aromatic rings. The Hall–Kier alpha value is -2.69. The van der Waals surface area contributed by atoms with Crippen molar-refractivity contribution < 1.29 is 14.3 Å². The van der Waals surface area contributed by atoms with Gasteiger partial charge in [-0.05, 0) is 55.3 Å². The summed E-state index contributed by atoms with van der Waals surface area (Å²) in [5.74, 6) is 1.24. The van der Waals surface area contributed by atoms with Crippen LogP contribution < -0.4 is 20.5 Å². The molecule has 0 saturated heterocycles. The van der Waals surface area contributed by atoms with Gasteiger partial charge >= 0.3 is 0 Å². The van der Waals surface area contributed by atoms with Crippen LogP contribution in [0.25, 0.3) is 0 Å². The van der Waals surface area contributed by atoms with Crippen molar-refractivity contribution in [1.82, 2.24) is 5.32 Å². The van der Waals surface area contributed by atoms with Gasteiger partial charge in [0.05, 0.1) is 19.8 Å². The van der Waals surface area contributed by atoms with E-state index in [2.05, 4.69) is 12.2 Å². The molecular weight excluding hydrogens is 316 g/mol. The lowest BCUT2D eigenvalue weighted by atomic mass is 10.1. The zero-order valence-corrected chi connectivity index (χ0v) is 15.0. The van der Waals surface area contributed by atoms with Gasteiger partial charge in [0.15, 0.2) is 11.5 Å². The number of benzene rings is 2. The van der Waals surface area contributed by atoms with Crippen molar-refractivity contribution in [1.29, 1.82) is 0 Å². The van der Waals surface area contributed by atoms with Gasteiger partial charge in [-0.3, -0.25) is 4.79 Å². The molecule has 1 atom stereocenters. The number of rotatable bonds is 8. The summed E-state index contributed by atoms with van der Waals surface area (Å²) in [6.07, 6.45) is 2.08. The molecule has 0 heterocycles. The number of nitrogens with two attached hydrogens (primary N) is 1. The molecule has 0 aliphatic heterocycles. The summed E-state index contributed by atoms with van der Waals surface area (Å²) < 4.78 is 11.2. The van der Waals surface area contributed by atoms with E-state index in [1.165, 1.54) is 0 Å². The van der Waals surface area contributed by atoms with E-state index in [1.54, 1.807) is 31.4 Å². The Morgan fingerprint density at radius 1 is 1.16 bits per heavy atom. The van der Waals surface area contributed by atoms with Crippen molar-refractivity contribution in [2.75, 3.05) is 19.5 Å². The van der Waals surface area contributed by atoms with Crippen molar-refractivity contribution in [3.05, 3.63) is 53.6 Å². The second kappa shape index (κ2) is 8.97. The van der Waals surface area contributed by atoms with Crippen LogP contribution in [0.15, 0.2) is 42.5 Å². The van der Waals surface area contributed by atoms with Crippen LogP contribution in [0.5, 0.6) is 11.5 Å². The Balaban J connectivity index is 2.06. The minimum absolute atomic E-state index is 0.144. The van der Waals surface area contributed by atoms with Crippen LogP contribution in [-0.2, 0) is 0 Å². The molecule has 1 unspecified atom stereocenters. The molecule has 0 aliphatic carbocycles. The highest BCUT2D eigenvalue weighted by molar-refractivity contribution is 5.94. The summed E-state index contributed by atoms with van der Waals surface area (Å²) in [5.41, 5.74) is 7.81. The van der Waals surface area contributed by atoms with Gasteiger partial charge in [0.25, 0.3) is 5.91 Å². The van der Waals surface area contributed by atoms with Crippen molar-refractivity contribution >= 4 is 11.6 Å². The number of nitrogens with one attached hydrogen (secondary N) is 1. The Kier molecular flexibility index (Phi) is 6.69. The largest absolute Gasteiger partial charge is 0.493 e. The first-order valence-electron chi connectivity index (χ1n) is 8.52. The molecule has 0 aromatic heterocycles. The number of hydrogen-bond acceptors (Lipinski definition) is 4. The van der Waals surface area contributed by atoms with Crippen LogP contribution in [0.3, 0.4) is 0 Å². The molecule has 3 N–H and O–H groups in total. The van der Waals surface area contributed by atoms with Crippen molar-refractivity contribution in [3.63, 3.8) is 0 Å². The smallest absolute Gasteiger partial charge is 0.251 e. The van der Waals surface area contributed by atoms with Gasteiger partial charge in [-0.1, -0.05) is 19.4 Å². The summed E-state index contributed by atoms with van der Waals surface area (Å²) in [7, 11) is 1.61. The molecule has 5 heteroatoms. The lowest BCUT2D eigenvalue weighted by Gasteiger charge is -2.17. The van der Waals surface area contributed by atoms with E-state index in [1.807, 2.05) is 25.1 Å². The molecule has 0 aliphatic rings. The lowest BCUT2D eigenvalue weighted by Crippen LogP contribution is -2.26. The minimum atomic E-state index is -0.163. The predicted molar refractivity (Wildman–Crippen MR) is 100 cm³/mol. The number of ether oxygens (including phenoxy) is 2. The minimum Gasteiger partial charge on any atom is -0.493 e. The Labute approximate surface area is 149 Å². The number of methoxy groups -OCH3 is 1. The van der Waals surface area contributed by atoms with Crippen LogP contribution in [-0.4, -0.2) is 19.6 Å². The molecule has 0 radical (unpaired) electrons. The first-order chi connectivity index (χ1) is 12.0. The van der Waals surface area contributed by atoms with E-state index >= 15 is 0 Å². The fourth-order valence-electron chi connectivity index (χ4n) is 2.40. The van der Waals surface area contributed by atoms with Gasteiger partial charge in [0.2, 0.25) is 0 Å². The van der Waals surface area contributed by atoms with E-state index < -0.39 is 0 Å². The highest BCUT2D eigenvalue weighted by Crippen LogP contribution is 2.30. The predicted octanol–water partition coefficient (Wildman–Crippen LogP) is 3.95. The number of carbonyl (C=O) groups excluding carboxylic acids is 1. The average Bonchev–Trinajstić information content (AvgIpc) is 2.62. The topological polar surface area (TPSA) is 73.6 Å². The fourth-order valence-corrected chi connectivity index (χ4v) is 2.40. The van der Waals surface area contributed by atoms with Crippen molar-refractivity contribution in [2.24, 2.45) is 0 Å². The van der Waals surface area contributed by atoms with Crippen molar-refractivity contribution in [3.8, 4) is 11.5 Å². The fraction of sp³-hybridized carbons (Fsp3) is 0.350. The monoisotopic (exact) mass is 342 g/mol. The Morgan fingerprint density at radius 3 is 2.52 bits per heavy atom. The van der Waals surface area contributed by atoms with Crippen molar-refractivity contribution in [2.45, 2.75) is 32.7 Å². The highest BCUT2D eigenvalue weighted by atomic mass is 16.5. The van der Waals surface area contributed by atoms with Crippen LogP contribution in [0.2, 0.25) is 0 Å². The average molecular weight is 342 g/mol. The summed E-state index contributed by atoms with van der Waals surface area (Å²) in [6.45, 7) is 4.71. The number of amides is 1. The zero-order chi connectivity index (χ0) is 18.2. The molecule has 0 bridgehead atoms. The Bertz CT molecular complexity index is 699. The molecule has 0 fully saturated rings. The first-order valence-corrected chi connectivity index (χ1v) is 8.52. The van der Waals surface area contributed by atoms with Crippen LogP contribution >= 0.6 is 0 Å². The molecular formula is C20H26N2O3. The molecule has 0 saturated carbocycles. The SMILES string of the molecule is CCCCOc1ccc(C(C)NC(=O)c2ccc(N)cc2)cc1OC. The highest BCUT2D eigenvalue weighted by Gasteiger charge is 2.14. The van der Waals surface area contributed by atoms with Gasteiger partial charge < -0.3 is 20.5 Å².